The minimum Gasteiger partial charge on any atom is -0.285 e. The fraction of sp³-hybridized carbons (Fsp3) is 0.222. The molecule has 0 radical (unpaired) electrons. The van der Waals surface area contributed by atoms with Gasteiger partial charge in [0.15, 0.2) is 0 Å². The molecule has 0 spiro atoms. The molecule has 0 bridgehead atoms. The first-order valence-electron chi connectivity index (χ1n) is 4.07. The highest BCUT2D eigenvalue weighted by Crippen LogP contribution is 2.15. The van der Waals surface area contributed by atoms with Gasteiger partial charge in [-0.05, 0) is 19.9 Å². The molecule has 0 atom stereocenters. The van der Waals surface area contributed by atoms with E-state index in [2.05, 4.69) is 20.2 Å². The monoisotopic (exact) mass is 174 g/mol. The maximum Gasteiger partial charge on any atom is 0.126 e. The SMILES string of the molecule is Cc1cc(-c2cn[nH]c2)nc(C)n1. The Morgan fingerprint density at radius 1 is 1.23 bits per heavy atom. The number of aryl methyl sites for hydroxylation is 2. The van der Waals surface area contributed by atoms with Crippen molar-refractivity contribution in [1.82, 2.24) is 20.2 Å². The predicted molar refractivity (Wildman–Crippen MR) is 49.1 cm³/mol. The lowest BCUT2D eigenvalue weighted by Gasteiger charge is -1.99. The van der Waals surface area contributed by atoms with Crippen LogP contribution in [-0.4, -0.2) is 20.2 Å². The Morgan fingerprint density at radius 3 is 2.69 bits per heavy atom. The van der Waals surface area contributed by atoms with Gasteiger partial charge in [-0.2, -0.15) is 5.10 Å². The summed E-state index contributed by atoms with van der Waals surface area (Å²) in [6, 6.07) is 1.94. The van der Waals surface area contributed by atoms with Gasteiger partial charge in [-0.15, -0.1) is 0 Å². The number of hydrogen-bond donors (Lipinski definition) is 1. The highest BCUT2D eigenvalue weighted by atomic mass is 15.1. The molecule has 0 saturated heterocycles. The minimum atomic E-state index is 0.788. The first kappa shape index (κ1) is 7.91. The second-order valence-electron chi connectivity index (χ2n) is 2.93. The summed E-state index contributed by atoms with van der Waals surface area (Å²) in [5, 5.41) is 6.63. The Hall–Kier alpha value is -1.71. The zero-order valence-electron chi connectivity index (χ0n) is 7.57. The van der Waals surface area contributed by atoms with Crippen LogP contribution in [-0.2, 0) is 0 Å². The van der Waals surface area contributed by atoms with E-state index < -0.39 is 0 Å². The quantitative estimate of drug-likeness (QED) is 0.712. The normalized spacial score (nSPS) is 10.3. The van der Waals surface area contributed by atoms with Gasteiger partial charge in [-0.3, -0.25) is 5.10 Å². The van der Waals surface area contributed by atoms with Crippen molar-refractivity contribution in [2.24, 2.45) is 0 Å². The van der Waals surface area contributed by atoms with Crippen molar-refractivity contribution in [1.29, 1.82) is 0 Å². The number of hydrogen-bond acceptors (Lipinski definition) is 3. The van der Waals surface area contributed by atoms with Crippen molar-refractivity contribution in [3.8, 4) is 11.3 Å². The summed E-state index contributed by atoms with van der Waals surface area (Å²) in [6.07, 6.45) is 3.57. The predicted octanol–water partition coefficient (Wildman–Crippen LogP) is 1.48. The third kappa shape index (κ3) is 1.56. The lowest BCUT2D eigenvalue weighted by molar-refractivity contribution is 1.02. The molecular formula is C9H10N4. The molecule has 2 rings (SSSR count). The fourth-order valence-electron chi connectivity index (χ4n) is 1.26. The zero-order chi connectivity index (χ0) is 9.26. The standard InChI is InChI=1S/C9H10N4/c1-6-3-9(13-7(2)12-6)8-4-10-11-5-8/h3-5H,1-2H3,(H,10,11). The highest BCUT2D eigenvalue weighted by Gasteiger charge is 2.02. The largest absolute Gasteiger partial charge is 0.285 e. The smallest absolute Gasteiger partial charge is 0.126 e. The molecule has 2 heterocycles. The van der Waals surface area contributed by atoms with E-state index in [0.29, 0.717) is 0 Å². The van der Waals surface area contributed by atoms with Gasteiger partial charge in [-0.25, -0.2) is 9.97 Å². The molecule has 13 heavy (non-hydrogen) atoms. The van der Waals surface area contributed by atoms with Crippen LogP contribution in [0.4, 0.5) is 0 Å². The van der Waals surface area contributed by atoms with Crippen LogP contribution in [0.15, 0.2) is 18.5 Å². The second-order valence-corrected chi connectivity index (χ2v) is 2.93. The molecule has 1 N–H and O–H groups in total. The Bertz CT molecular complexity index is 385. The molecule has 0 fully saturated rings. The summed E-state index contributed by atoms with van der Waals surface area (Å²) in [7, 11) is 0. The van der Waals surface area contributed by atoms with E-state index >= 15 is 0 Å². The van der Waals surface area contributed by atoms with E-state index in [0.717, 1.165) is 22.8 Å². The Morgan fingerprint density at radius 2 is 2.08 bits per heavy atom. The van der Waals surface area contributed by atoms with Crippen molar-refractivity contribution >= 4 is 0 Å². The molecule has 66 valence electrons. The molecule has 0 aliphatic carbocycles. The van der Waals surface area contributed by atoms with E-state index in [4.69, 9.17) is 0 Å². The van der Waals surface area contributed by atoms with Crippen LogP contribution in [0, 0.1) is 13.8 Å². The zero-order valence-corrected chi connectivity index (χ0v) is 7.57. The van der Waals surface area contributed by atoms with Crippen LogP contribution in [0.2, 0.25) is 0 Å². The molecule has 0 aromatic carbocycles. The van der Waals surface area contributed by atoms with Crippen LogP contribution in [0.5, 0.6) is 0 Å². The molecule has 0 aliphatic rings. The lowest BCUT2D eigenvalue weighted by atomic mass is 10.2. The van der Waals surface area contributed by atoms with Crippen molar-refractivity contribution in [3.05, 3.63) is 30.0 Å². The topological polar surface area (TPSA) is 54.5 Å². The van der Waals surface area contributed by atoms with Crippen molar-refractivity contribution in [3.63, 3.8) is 0 Å². The van der Waals surface area contributed by atoms with E-state index in [1.54, 1.807) is 6.20 Å². The average Bonchev–Trinajstić information content (AvgIpc) is 2.53. The Balaban J connectivity index is 2.53. The van der Waals surface area contributed by atoms with Crippen molar-refractivity contribution in [2.45, 2.75) is 13.8 Å². The van der Waals surface area contributed by atoms with Crippen LogP contribution in [0.25, 0.3) is 11.3 Å². The molecular weight excluding hydrogens is 164 g/mol. The maximum atomic E-state index is 4.31. The second kappa shape index (κ2) is 2.97. The molecule has 4 heteroatoms. The summed E-state index contributed by atoms with van der Waals surface area (Å²) < 4.78 is 0. The number of nitrogens with zero attached hydrogens (tertiary/aromatic N) is 3. The fourth-order valence-corrected chi connectivity index (χ4v) is 1.26. The van der Waals surface area contributed by atoms with Crippen LogP contribution < -0.4 is 0 Å². The lowest BCUT2D eigenvalue weighted by Crippen LogP contribution is -1.92. The third-order valence-electron chi connectivity index (χ3n) is 1.76. The van der Waals surface area contributed by atoms with Crippen LogP contribution in [0.1, 0.15) is 11.5 Å². The van der Waals surface area contributed by atoms with Gasteiger partial charge >= 0.3 is 0 Å². The van der Waals surface area contributed by atoms with Gasteiger partial charge in [0.2, 0.25) is 0 Å². The van der Waals surface area contributed by atoms with Crippen LogP contribution in [0.3, 0.4) is 0 Å². The minimum absolute atomic E-state index is 0.788. The maximum absolute atomic E-state index is 4.31. The van der Waals surface area contributed by atoms with Gasteiger partial charge < -0.3 is 0 Å². The molecule has 4 nitrogen and oxygen atoms in total. The molecule has 0 aliphatic heterocycles. The number of aromatic nitrogens is 4. The molecule has 2 aromatic heterocycles. The van der Waals surface area contributed by atoms with Crippen molar-refractivity contribution < 1.29 is 0 Å². The van der Waals surface area contributed by atoms with Gasteiger partial charge in [0.25, 0.3) is 0 Å². The van der Waals surface area contributed by atoms with Gasteiger partial charge in [-0.1, -0.05) is 0 Å². The van der Waals surface area contributed by atoms with Crippen LogP contribution >= 0.6 is 0 Å². The first-order chi connectivity index (χ1) is 6.25. The molecule has 2 aromatic rings. The highest BCUT2D eigenvalue weighted by molar-refractivity contribution is 5.56. The summed E-state index contributed by atoms with van der Waals surface area (Å²) in [5.74, 6) is 0.788. The Kier molecular flexibility index (Phi) is 1.81. The van der Waals surface area contributed by atoms with Gasteiger partial charge in [0, 0.05) is 17.5 Å². The van der Waals surface area contributed by atoms with E-state index in [1.165, 1.54) is 0 Å². The molecule has 0 saturated carbocycles. The van der Waals surface area contributed by atoms with Gasteiger partial charge in [0.1, 0.15) is 5.82 Å². The summed E-state index contributed by atoms with van der Waals surface area (Å²) >= 11 is 0. The Labute approximate surface area is 76.1 Å². The molecule has 0 unspecified atom stereocenters. The summed E-state index contributed by atoms with van der Waals surface area (Å²) in [5.41, 5.74) is 2.89. The van der Waals surface area contributed by atoms with E-state index in [-0.39, 0.29) is 0 Å². The number of aromatic amines is 1. The third-order valence-corrected chi connectivity index (χ3v) is 1.76. The van der Waals surface area contributed by atoms with E-state index in [9.17, 15) is 0 Å². The number of H-pyrrole nitrogens is 1. The first-order valence-corrected chi connectivity index (χ1v) is 4.07. The van der Waals surface area contributed by atoms with E-state index in [1.807, 2.05) is 26.1 Å². The van der Waals surface area contributed by atoms with Crippen molar-refractivity contribution in [2.75, 3.05) is 0 Å². The number of rotatable bonds is 1. The molecule has 0 amide bonds. The number of nitrogens with one attached hydrogen (secondary N) is 1. The summed E-state index contributed by atoms with van der Waals surface area (Å²) in [6.45, 7) is 3.84. The van der Waals surface area contributed by atoms with Gasteiger partial charge in [0.05, 0.1) is 11.9 Å². The summed E-state index contributed by atoms with van der Waals surface area (Å²) in [4.78, 5) is 8.51. The average molecular weight is 174 g/mol.